The summed E-state index contributed by atoms with van der Waals surface area (Å²) < 4.78 is 0. The Morgan fingerprint density at radius 1 is 0.556 bits per heavy atom. The van der Waals surface area contributed by atoms with Gasteiger partial charge in [0, 0.05) is 9.79 Å². The van der Waals surface area contributed by atoms with Crippen molar-refractivity contribution in [1.82, 2.24) is 0 Å². The maximum Gasteiger partial charge on any atom is 0.202 e. The van der Waals surface area contributed by atoms with Gasteiger partial charge in [-0.2, -0.15) is 0 Å². The second-order valence-electron chi connectivity index (χ2n) is 6.08. The summed E-state index contributed by atoms with van der Waals surface area (Å²) in [5.41, 5.74) is 0. The molecule has 0 aliphatic carbocycles. The van der Waals surface area contributed by atoms with Gasteiger partial charge in [-0.05, 0) is 33.7 Å². The van der Waals surface area contributed by atoms with E-state index in [9.17, 15) is 9.59 Å². The molecule has 4 aromatic carbocycles. The number of rotatable bonds is 4. The third-order valence-corrected chi connectivity index (χ3v) is 6.13. The summed E-state index contributed by atoms with van der Waals surface area (Å²) in [5, 5.41) is 3.98. The maximum atomic E-state index is 12.4. The molecular weight excluding hydrogens is 372 g/mol. The molecule has 0 bridgehead atoms. The van der Waals surface area contributed by atoms with Gasteiger partial charge in [0.2, 0.25) is 10.2 Å². The Morgan fingerprint density at radius 3 is 1.44 bits per heavy atom. The van der Waals surface area contributed by atoms with Crippen molar-refractivity contribution in [3.8, 4) is 0 Å². The van der Waals surface area contributed by atoms with Crippen molar-refractivity contribution < 1.29 is 9.59 Å². The molecule has 0 N–H and O–H groups in total. The fourth-order valence-electron chi connectivity index (χ4n) is 3.00. The molecule has 0 aromatic heterocycles. The van der Waals surface area contributed by atoms with Crippen LogP contribution in [-0.2, 0) is 9.59 Å². The monoisotopic (exact) mass is 388 g/mol. The van der Waals surface area contributed by atoms with Crippen molar-refractivity contribution in [3.63, 3.8) is 0 Å². The Morgan fingerprint density at radius 2 is 0.963 bits per heavy atom. The molecule has 0 radical (unpaired) electrons. The summed E-state index contributed by atoms with van der Waals surface area (Å²) in [5.74, 6) is 0. The van der Waals surface area contributed by atoms with Crippen LogP contribution in [0.3, 0.4) is 0 Å². The van der Waals surface area contributed by atoms with E-state index in [2.05, 4.69) is 0 Å². The Kier molecular flexibility index (Phi) is 5.28. The predicted octanol–water partition coefficient (Wildman–Crippen LogP) is 6.32. The lowest BCUT2D eigenvalue weighted by molar-refractivity contribution is -0.117. The first-order chi connectivity index (χ1) is 13.2. The zero-order valence-electron chi connectivity index (χ0n) is 14.4. The van der Waals surface area contributed by atoms with Crippen LogP contribution in [0.15, 0.2) is 94.7 Å². The van der Waals surface area contributed by atoms with Crippen molar-refractivity contribution in [2.45, 2.75) is 16.2 Å². The van der Waals surface area contributed by atoms with Gasteiger partial charge in [-0.3, -0.25) is 9.59 Å². The number of carbonyl (C=O) groups is 2. The molecule has 0 heterocycles. The van der Waals surface area contributed by atoms with Crippen molar-refractivity contribution in [2.75, 3.05) is 0 Å². The fourth-order valence-corrected chi connectivity index (χ4v) is 4.88. The van der Waals surface area contributed by atoms with E-state index in [4.69, 9.17) is 0 Å². The zero-order valence-corrected chi connectivity index (χ0v) is 16.1. The molecular formula is C23H16O2S2. The van der Waals surface area contributed by atoms with Crippen LogP contribution in [0, 0.1) is 0 Å². The number of carbonyl (C=O) groups excluding carboxylic acids is 2. The van der Waals surface area contributed by atoms with Crippen molar-refractivity contribution in [3.05, 3.63) is 84.9 Å². The minimum Gasteiger partial charge on any atom is -0.286 e. The van der Waals surface area contributed by atoms with Gasteiger partial charge in [-0.25, -0.2) is 0 Å². The largest absolute Gasteiger partial charge is 0.286 e. The lowest BCUT2D eigenvalue weighted by Gasteiger charge is -2.06. The molecule has 0 aliphatic rings. The minimum absolute atomic E-state index is 0.0955. The van der Waals surface area contributed by atoms with Gasteiger partial charge in [0.1, 0.15) is 0 Å². The van der Waals surface area contributed by atoms with Crippen LogP contribution in [-0.4, -0.2) is 10.2 Å². The number of fused-ring (bicyclic) bond motifs is 2. The molecule has 0 atom stereocenters. The zero-order chi connectivity index (χ0) is 18.6. The number of hydrogen-bond acceptors (Lipinski definition) is 4. The van der Waals surface area contributed by atoms with Crippen molar-refractivity contribution in [1.29, 1.82) is 0 Å². The SMILES string of the molecule is O=C(CC(=O)Sc1cccc2ccccc12)Sc1cccc2ccccc12. The lowest BCUT2D eigenvalue weighted by atomic mass is 10.1. The van der Waals surface area contributed by atoms with Gasteiger partial charge in [-0.1, -0.05) is 96.3 Å². The fraction of sp³-hybridized carbons (Fsp3) is 0.0435. The van der Waals surface area contributed by atoms with Crippen LogP contribution in [0.2, 0.25) is 0 Å². The summed E-state index contributed by atoms with van der Waals surface area (Å²) in [6.45, 7) is 0. The van der Waals surface area contributed by atoms with Gasteiger partial charge >= 0.3 is 0 Å². The standard InChI is InChI=1S/C23H16O2S2/c24-22(26-20-13-5-9-16-7-1-3-11-18(16)20)15-23(25)27-21-14-6-10-17-8-2-4-12-19(17)21/h1-14H,15H2. The Bertz CT molecular complexity index is 1050. The van der Waals surface area contributed by atoms with E-state index in [1.54, 1.807) is 0 Å². The molecule has 4 aromatic rings. The van der Waals surface area contributed by atoms with Gasteiger partial charge in [0.05, 0.1) is 6.42 Å². The molecule has 0 saturated heterocycles. The van der Waals surface area contributed by atoms with E-state index in [0.29, 0.717) is 0 Å². The highest BCUT2D eigenvalue weighted by molar-refractivity contribution is 8.16. The van der Waals surface area contributed by atoms with E-state index in [1.807, 2.05) is 84.9 Å². The molecule has 0 spiro atoms. The van der Waals surface area contributed by atoms with Crippen LogP contribution in [0.25, 0.3) is 21.5 Å². The molecule has 2 nitrogen and oxygen atoms in total. The predicted molar refractivity (Wildman–Crippen MR) is 114 cm³/mol. The molecule has 0 aliphatic heterocycles. The summed E-state index contributed by atoms with van der Waals surface area (Å²) in [6.07, 6.45) is -0.0955. The number of thioether (sulfide) groups is 2. The molecule has 0 unspecified atom stereocenters. The van der Waals surface area contributed by atoms with E-state index < -0.39 is 0 Å². The van der Waals surface area contributed by atoms with Gasteiger partial charge in [0.25, 0.3) is 0 Å². The number of hydrogen-bond donors (Lipinski definition) is 0. The quantitative estimate of drug-likeness (QED) is 0.303. The second kappa shape index (κ2) is 7.99. The highest BCUT2D eigenvalue weighted by Crippen LogP contribution is 2.32. The summed E-state index contributed by atoms with van der Waals surface area (Å²) in [6, 6.07) is 27.7. The summed E-state index contributed by atoms with van der Waals surface area (Å²) >= 11 is 2.29. The van der Waals surface area contributed by atoms with Gasteiger partial charge < -0.3 is 0 Å². The lowest BCUT2D eigenvalue weighted by Crippen LogP contribution is -2.00. The molecule has 0 saturated carbocycles. The normalized spacial score (nSPS) is 11.0. The highest BCUT2D eigenvalue weighted by atomic mass is 32.2. The third-order valence-electron chi connectivity index (χ3n) is 4.24. The molecule has 0 fully saturated rings. The first-order valence-corrected chi connectivity index (χ1v) is 10.2. The molecule has 4 rings (SSSR count). The second-order valence-corrected chi connectivity index (χ2v) is 8.28. The Balaban J connectivity index is 1.47. The third kappa shape index (κ3) is 4.07. The summed E-state index contributed by atoms with van der Waals surface area (Å²) in [7, 11) is 0. The maximum absolute atomic E-state index is 12.4. The average Bonchev–Trinajstić information content (AvgIpc) is 2.68. The first-order valence-electron chi connectivity index (χ1n) is 8.57. The minimum atomic E-state index is -0.135. The van der Waals surface area contributed by atoms with Crippen LogP contribution in [0.4, 0.5) is 0 Å². The molecule has 27 heavy (non-hydrogen) atoms. The van der Waals surface area contributed by atoms with Gasteiger partial charge in [0.15, 0.2) is 0 Å². The molecule has 4 heteroatoms. The van der Waals surface area contributed by atoms with E-state index in [1.165, 1.54) is 0 Å². The number of benzene rings is 4. The first kappa shape index (κ1) is 17.8. The van der Waals surface area contributed by atoms with E-state index >= 15 is 0 Å². The molecule has 132 valence electrons. The topological polar surface area (TPSA) is 34.1 Å². The smallest absolute Gasteiger partial charge is 0.202 e. The van der Waals surface area contributed by atoms with Crippen LogP contribution in [0.5, 0.6) is 0 Å². The Hall–Kier alpha value is -2.56. The molecule has 0 amide bonds. The Labute approximate surface area is 166 Å². The summed E-state index contributed by atoms with van der Waals surface area (Å²) in [4.78, 5) is 26.7. The van der Waals surface area contributed by atoms with Crippen molar-refractivity contribution in [2.24, 2.45) is 0 Å². The van der Waals surface area contributed by atoms with Crippen LogP contribution < -0.4 is 0 Å². The van der Waals surface area contributed by atoms with Crippen LogP contribution >= 0.6 is 23.5 Å². The van der Waals surface area contributed by atoms with Gasteiger partial charge in [-0.15, -0.1) is 0 Å². The van der Waals surface area contributed by atoms with E-state index in [0.717, 1.165) is 54.9 Å². The highest BCUT2D eigenvalue weighted by Gasteiger charge is 2.15. The van der Waals surface area contributed by atoms with Crippen molar-refractivity contribution >= 4 is 55.3 Å². The van der Waals surface area contributed by atoms with E-state index in [-0.39, 0.29) is 16.7 Å². The van der Waals surface area contributed by atoms with Crippen LogP contribution in [0.1, 0.15) is 6.42 Å². The average molecular weight is 389 g/mol.